The molecule has 1 heterocycles. The third kappa shape index (κ3) is 5.20. The molecule has 1 fully saturated rings. The van der Waals surface area contributed by atoms with Crippen molar-refractivity contribution in [2.75, 3.05) is 4.90 Å². The van der Waals surface area contributed by atoms with Gasteiger partial charge >= 0.3 is 6.03 Å². The predicted octanol–water partition coefficient (Wildman–Crippen LogP) is 5.93. The Morgan fingerprint density at radius 3 is 2.20 bits per heavy atom. The van der Waals surface area contributed by atoms with E-state index >= 15 is 0 Å². The summed E-state index contributed by atoms with van der Waals surface area (Å²) in [6.07, 6.45) is 1.47. The highest BCUT2D eigenvalue weighted by molar-refractivity contribution is 9.10. The van der Waals surface area contributed by atoms with Crippen LogP contribution in [0.25, 0.3) is 6.08 Å². The molecule has 4 amide bonds. The molecule has 4 rings (SSSR count). The van der Waals surface area contributed by atoms with Crippen LogP contribution in [0.4, 0.5) is 10.5 Å². The highest BCUT2D eigenvalue weighted by Gasteiger charge is 2.36. The topological polar surface area (TPSA) is 75.7 Å². The Labute approximate surface area is 212 Å². The SMILES string of the molecule is Cc1ccc(COc2ccc(/C=C3\C(=O)NC(=O)N(c4ccc(C)c(C)c4)C3=O)cc2Br)cc1C. The minimum Gasteiger partial charge on any atom is -0.488 e. The Morgan fingerprint density at radius 2 is 1.54 bits per heavy atom. The van der Waals surface area contributed by atoms with E-state index in [-0.39, 0.29) is 5.57 Å². The van der Waals surface area contributed by atoms with Gasteiger partial charge in [-0.05, 0) is 107 Å². The number of anilines is 1. The van der Waals surface area contributed by atoms with E-state index < -0.39 is 17.8 Å². The summed E-state index contributed by atoms with van der Waals surface area (Å²) in [4.78, 5) is 39.1. The first-order valence-corrected chi connectivity index (χ1v) is 11.9. The van der Waals surface area contributed by atoms with Crippen LogP contribution in [0.5, 0.6) is 5.75 Å². The second-order valence-electron chi connectivity index (χ2n) is 8.62. The number of nitrogens with zero attached hydrogens (tertiary/aromatic N) is 1. The van der Waals surface area contributed by atoms with Crippen LogP contribution < -0.4 is 15.0 Å². The number of rotatable bonds is 5. The Hall–Kier alpha value is -3.71. The van der Waals surface area contributed by atoms with E-state index in [1.54, 1.807) is 30.3 Å². The number of aryl methyl sites for hydroxylation is 4. The first-order valence-electron chi connectivity index (χ1n) is 11.1. The molecule has 1 saturated heterocycles. The first kappa shape index (κ1) is 24.4. The average Bonchev–Trinajstić information content (AvgIpc) is 2.80. The van der Waals surface area contributed by atoms with Crippen molar-refractivity contribution in [3.8, 4) is 5.75 Å². The van der Waals surface area contributed by atoms with Gasteiger partial charge in [-0.3, -0.25) is 14.9 Å². The van der Waals surface area contributed by atoms with Gasteiger partial charge in [0.2, 0.25) is 0 Å². The van der Waals surface area contributed by atoms with Gasteiger partial charge in [0.05, 0.1) is 10.2 Å². The van der Waals surface area contributed by atoms with Gasteiger partial charge < -0.3 is 4.74 Å². The summed E-state index contributed by atoms with van der Waals surface area (Å²) in [7, 11) is 0. The minimum atomic E-state index is -0.767. The third-order valence-electron chi connectivity index (χ3n) is 6.08. The zero-order valence-electron chi connectivity index (χ0n) is 19.9. The maximum absolute atomic E-state index is 13.1. The number of barbiturate groups is 1. The molecule has 0 bridgehead atoms. The Kier molecular flexibility index (Phi) is 6.89. The monoisotopic (exact) mass is 532 g/mol. The van der Waals surface area contributed by atoms with Crippen molar-refractivity contribution in [2.45, 2.75) is 34.3 Å². The molecule has 6 nitrogen and oxygen atoms in total. The lowest BCUT2D eigenvalue weighted by molar-refractivity contribution is -0.122. The van der Waals surface area contributed by atoms with Crippen LogP contribution in [0.2, 0.25) is 0 Å². The van der Waals surface area contributed by atoms with Gasteiger partial charge in [0.1, 0.15) is 17.9 Å². The van der Waals surface area contributed by atoms with Gasteiger partial charge in [0.25, 0.3) is 11.8 Å². The first-order chi connectivity index (χ1) is 16.6. The molecule has 178 valence electrons. The summed E-state index contributed by atoms with van der Waals surface area (Å²) < 4.78 is 6.63. The Bertz CT molecular complexity index is 1390. The van der Waals surface area contributed by atoms with E-state index in [2.05, 4.69) is 47.2 Å². The summed E-state index contributed by atoms with van der Waals surface area (Å²) in [5.74, 6) is -0.767. The van der Waals surface area contributed by atoms with Gasteiger partial charge in [-0.25, -0.2) is 9.69 Å². The molecule has 0 atom stereocenters. The Balaban J connectivity index is 1.56. The number of benzene rings is 3. The predicted molar refractivity (Wildman–Crippen MR) is 139 cm³/mol. The summed E-state index contributed by atoms with van der Waals surface area (Å²) >= 11 is 3.51. The fraction of sp³-hybridized carbons (Fsp3) is 0.179. The van der Waals surface area contributed by atoms with E-state index in [1.807, 2.05) is 26.0 Å². The van der Waals surface area contributed by atoms with E-state index in [1.165, 1.54) is 17.2 Å². The molecular weight excluding hydrogens is 508 g/mol. The van der Waals surface area contributed by atoms with Crippen molar-refractivity contribution in [1.82, 2.24) is 5.32 Å². The van der Waals surface area contributed by atoms with E-state index in [0.29, 0.717) is 28.1 Å². The number of nitrogens with one attached hydrogen (secondary N) is 1. The highest BCUT2D eigenvalue weighted by Crippen LogP contribution is 2.29. The second-order valence-corrected chi connectivity index (χ2v) is 9.48. The third-order valence-corrected chi connectivity index (χ3v) is 6.70. The van der Waals surface area contributed by atoms with Crippen molar-refractivity contribution in [2.24, 2.45) is 0 Å². The molecule has 0 radical (unpaired) electrons. The average molecular weight is 533 g/mol. The molecule has 0 spiro atoms. The molecule has 3 aromatic carbocycles. The van der Waals surface area contributed by atoms with Crippen LogP contribution in [0.15, 0.2) is 64.6 Å². The second kappa shape index (κ2) is 9.88. The number of urea groups is 1. The van der Waals surface area contributed by atoms with Gasteiger partial charge in [0, 0.05) is 0 Å². The molecule has 1 aliphatic heterocycles. The normalized spacial score (nSPS) is 14.9. The molecule has 0 unspecified atom stereocenters. The molecule has 0 saturated carbocycles. The molecule has 3 aromatic rings. The van der Waals surface area contributed by atoms with Crippen molar-refractivity contribution in [3.05, 3.63) is 98.0 Å². The zero-order chi connectivity index (χ0) is 25.3. The van der Waals surface area contributed by atoms with Gasteiger partial charge in [-0.2, -0.15) is 0 Å². The number of imide groups is 2. The lowest BCUT2D eigenvalue weighted by atomic mass is 10.0. The zero-order valence-corrected chi connectivity index (χ0v) is 21.5. The van der Waals surface area contributed by atoms with Gasteiger partial charge in [0.15, 0.2) is 0 Å². The van der Waals surface area contributed by atoms with Crippen LogP contribution in [-0.4, -0.2) is 17.8 Å². The number of hydrogen-bond acceptors (Lipinski definition) is 4. The number of halogens is 1. The molecule has 0 aliphatic carbocycles. The van der Waals surface area contributed by atoms with Crippen LogP contribution in [0.1, 0.15) is 33.4 Å². The largest absolute Gasteiger partial charge is 0.488 e. The van der Waals surface area contributed by atoms with Crippen molar-refractivity contribution in [1.29, 1.82) is 0 Å². The van der Waals surface area contributed by atoms with Crippen LogP contribution >= 0.6 is 15.9 Å². The summed E-state index contributed by atoms with van der Waals surface area (Å²) in [5, 5.41) is 2.26. The number of carbonyl (C=O) groups excluding carboxylic acids is 3. The fourth-order valence-electron chi connectivity index (χ4n) is 3.70. The van der Waals surface area contributed by atoms with Crippen LogP contribution in [-0.2, 0) is 16.2 Å². The maximum atomic E-state index is 13.1. The standard InChI is InChI=1S/C28H25BrN2O4/c1-16-5-7-21(11-18(16)3)15-35-25-10-8-20(14-24(25)29)13-23-26(32)30-28(34)31(27(23)33)22-9-6-17(2)19(4)12-22/h5-14H,15H2,1-4H3,(H,30,32,34)/b23-13+. The van der Waals surface area contributed by atoms with Crippen molar-refractivity contribution in [3.63, 3.8) is 0 Å². The molecule has 0 aromatic heterocycles. The van der Waals surface area contributed by atoms with E-state index in [9.17, 15) is 14.4 Å². The van der Waals surface area contributed by atoms with Gasteiger partial charge in [-0.1, -0.05) is 30.3 Å². The summed E-state index contributed by atoms with van der Waals surface area (Å²) in [5.41, 5.74) is 6.36. The number of ether oxygens (including phenoxy) is 1. The lowest BCUT2D eigenvalue weighted by Crippen LogP contribution is -2.54. The molecular formula is C28H25BrN2O4. The Morgan fingerprint density at radius 1 is 0.857 bits per heavy atom. The summed E-state index contributed by atoms with van der Waals surface area (Å²) in [6.45, 7) is 8.38. The fourth-order valence-corrected chi connectivity index (χ4v) is 4.21. The molecule has 1 aliphatic rings. The number of hydrogen-bond donors (Lipinski definition) is 1. The summed E-state index contributed by atoms with van der Waals surface area (Å²) in [6, 6.07) is 16.0. The molecule has 1 N–H and O–H groups in total. The minimum absolute atomic E-state index is 0.126. The lowest BCUT2D eigenvalue weighted by Gasteiger charge is -2.26. The highest BCUT2D eigenvalue weighted by atomic mass is 79.9. The van der Waals surface area contributed by atoms with Crippen molar-refractivity contribution >= 4 is 45.5 Å². The van der Waals surface area contributed by atoms with E-state index in [4.69, 9.17) is 4.74 Å². The van der Waals surface area contributed by atoms with E-state index in [0.717, 1.165) is 21.6 Å². The van der Waals surface area contributed by atoms with Crippen LogP contribution in [0.3, 0.4) is 0 Å². The maximum Gasteiger partial charge on any atom is 0.335 e. The van der Waals surface area contributed by atoms with Crippen molar-refractivity contribution < 1.29 is 19.1 Å². The number of amides is 4. The van der Waals surface area contributed by atoms with Gasteiger partial charge in [-0.15, -0.1) is 0 Å². The smallest absolute Gasteiger partial charge is 0.335 e. The van der Waals surface area contributed by atoms with Crippen LogP contribution in [0, 0.1) is 27.7 Å². The number of carbonyl (C=O) groups is 3. The molecule has 35 heavy (non-hydrogen) atoms. The quantitative estimate of drug-likeness (QED) is 0.326. The molecule has 7 heteroatoms.